The fourth-order valence-electron chi connectivity index (χ4n) is 0.835. The molecule has 0 aliphatic rings. The maximum absolute atomic E-state index is 10.5. The first-order chi connectivity index (χ1) is 5.83. The smallest absolute Gasteiger partial charge is 1.00 e. The minimum absolute atomic E-state index is 0. The Morgan fingerprint density at radius 1 is 1.29 bits per heavy atom. The van der Waals surface area contributed by atoms with Crippen molar-refractivity contribution in [2.75, 3.05) is 13.2 Å². The Morgan fingerprint density at radius 3 is 1.86 bits per heavy atom. The summed E-state index contributed by atoms with van der Waals surface area (Å²) in [6.45, 7) is 5.10. The molecule has 82 valence electrons. The zero-order valence-electron chi connectivity index (χ0n) is 9.89. The van der Waals surface area contributed by atoms with Crippen LogP contribution in [-0.4, -0.2) is 29.0 Å². The van der Waals surface area contributed by atoms with E-state index in [-0.39, 0.29) is 33.5 Å². The molecular formula is C6H16LiO6P. The molecule has 0 spiro atoms. The van der Waals surface area contributed by atoms with Crippen molar-refractivity contribution in [1.29, 1.82) is 0 Å². The van der Waals surface area contributed by atoms with Crippen LogP contribution >= 0.6 is 7.82 Å². The Kier molecular flexibility index (Phi) is 8.51. The zero-order chi connectivity index (χ0) is 10.5. The first-order valence-electron chi connectivity index (χ1n) is 3.87. The number of rotatable bonds is 6. The van der Waals surface area contributed by atoms with Gasteiger partial charge in [0, 0.05) is 20.1 Å². The zero-order valence-corrected chi connectivity index (χ0v) is 9.78. The van der Waals surface area contributed by atoms with Crippen LogP contribution in [0.15, 0.2) is 0 Å². The molecule has 0 heterocycles. The van der Waals surface area contributed by atoms with Gasteiger partial charge in [-0.15, -0.1) is 0 Å². The van der Waals surface area contributed by atoms with E-state index in [1.165, 1.54) is 6.92 Å². The molecule has 0 atom stereocenters. The second-order valence-corrected chi connectivity index (χ2v) is 3.47. The first kappa shape index (κ1) is 17.0. The summed E-state index contributed by atoms with van der Waals surface area (Å²) in [7, 11) is -4.60. The summed E-state index contributed by atoms with van der Waals surface area (Å²) in [6.07, 6.45) is 0. The van der Waals surface area contributed by atoms with Gasteiger partial charge in [-0.3, -0.25) is 0 Å². The van der Waals surface area contributed by atoms with Crippen LogP contribution in [0.25, 0.3) is 0 Å². The van der Waals surface area contributed by atoms with Crippen LogP contribution in [0.3, 0.4) is 0 Å². The molecule has 8 heteroatoms. The minimum Gasteiger partial charge on any atom is -1.00 e. The molecule has 0 aromatic rings. The number of hydrogen-bond acceptors (Lipinski definition) is 4. The summed E-state index contributed by atoms with van der Waals surface area (Å²) in [6, 6.07) is 0. The summed E-state index contributed by atoms with van der Waals surface area (Å²) >= 11 is 0. The van der Waals surface area contributed by atoms with E-state index in [9.17, 15) is 4.57 Å². The normalized spacial score (nSPS) is 12.4. The second kappa shape index (κ2) is 6.99. The molecule has 0 aliphatic heterocycles. The van der Waals surface area contributed by atoms with Gasteiger partial charge in [0.2, 0.25) is 0 Å². The monoisotopic (exact) mass is 222 g/mol. The van der Waals surface area contributed by atoms with Crippen LogP contribution in [0.2, 0.25) is 0 Å². The minimum atomic E-state index is -4.60. The molecule has 2 N–H and O–H groups in total. The largest absolute Gasteiger partial charge is 1.00 e. The van der Waals surface area contributed by atoms with Crippen LogP contribution in [0, 0.1) is 0 Å². The van der Waals surface area contributed by atoms with Crippen LogP contribution in [0.4, 0.5) is 0 Å². The van der Waals surface area contributed by atoms with Crippen molar-refractivity contribution in [3.05, 3.63) is 0 Å². The summed E-state index contributed by atoms with van der Waals surface area (Å²) in [5.41, 5.74) is 0. The second-order valence-electron chi connectivity index (χ2n) is 2.31. The predicted molar refractivity (Wildman–Crippen MR) is 45.9 cm³/mol. The molecule has 0 fully saturated rings. The molecule has 0 aromatic carbocycles. The predicted octanol–water partition coefficient (Wildman–Crippen LogP) is -2.04. The third-order valence-corrected chi connectivity index (χ3v) is 1.67. The van der Waals surface area contributed by atoms with Crippen LogP contribution in [0.1, 0.15) is 22.2 Å². The average molecular weight is 222 g/mol. The standard InChI is InChI=1S/C6H15O6P.Li.H/c1-4-10-6(3,11-5-2)12-13(7,8)9;;/h4-5H2,1-3H3,(H2,7,8,9);;/q;+1;-1. The number of phosphoric acid groups is 1. The van der Waals surface area contributed by atoms with Gasteiger partial charge >= 0.3 is 26.7 Å². The van der Waals surface area contributed by atoms with Gasteiger partial charge in [-0.05, 0) is 13.8 Å². The fourth-order valence-corrected chi connectivity index (χ4v) is 1.37. The number of hydrogen-bond donors (Lipinski definition) is 2. The van der Waals surface area contributed by atoms with E-state index in [1.54, 1.807) is 13.8 Å². The van der Waals surface area contributed by atoms with E-state index < -0.39 is 13.8 Å². The molecule has 0 amide bonds. The molecule has 0 bridgehead atoms. The molecule has 14 heavy (non-hydrogen) atoms. The van der Waals surface area contributed by atoms with Gasteiger partial charge in [0.05, 0.1) is 0 Å². The van der Waals surface area contributed by atoms with Crippen molar-refractivity contribution in [1.82, 2.24) is 0 Å². The summed E-state index contributed by atoms with van der Waals surface area (Å²) < 4.78 is 24.7. The van der Waals surface area contributed by atoms with Crippen molar-refractivity contribution < 1.29 is 48.6 Å². The molecule has 0 unspecified atom stereocenters. The van der Waals surface area contributed by atoms with Crippen LogP contribution < -0.4 is 18.9 Å². The Hall–Kier alpha value is 0.627. The van der Waals surface area contributed by atoms with Crippen molar-refractivity contribution >= 4 is 7.82 Å². The van der Waals surface area contributed by atoms with Gasteiger partial charge in [0.1, 0.15) is 0 Å². The number of ether oxygens (including phenoxy) is 2. The Morgan fingerprint density at radius 2 is 1.64 bits per heavy atom. The van der Waals surface area contributed by atoms with Crippen LogP contribution in [0.5, 0.6) is 0 Å². The van der Waals surface area contributed by atoms with Gasteiger partial charge < -0.3 is 20.7 Å². The van der Waals surface area contributed by atoms with Gasteiger partial charge in [0.15, 0.2) is 0 Å². The van der Waals surface area contributed by atoms with E-state index in [1.807, 2.05) is 0 Å². The maximum Gasteiger partial charge on any atom is 1.00 e. The molecule has 0 aliphatic carbocycles. The molecule has 0 saturated heterocycles. The van der Waals surface area contributed by atoms with E-state index >= 15 is 0 Å². The van der Waals surface area contributed by atoms with Crippen molar-refractivity contribution in [2.45, 2.75) is 26.7 Å². The summed E-state index contributed by atoms with van der Waals surface area (Å²) in [5.74, 6) is -1.68. The average Bonchev–Trinajstić information content (AvgIpc) is 1.82. The SMILES string of the molecule is CCOC(C)(OCC)OP(=O)(O)O.[H-].[Li+]. The van der Waals surface area contributed by atoms with Gasteiger partial charge in [-0.1, -0.05) is 0 Å². The molecule has 0 rings (SSSR count). The quantitative estimate of drug-likeness (QED) is 0.306. The molecule has 0 radical (unpaired) electrons. The Labute approximate surface area is 96.8 Å². The van der Waals surface area contributed by atoms with Crippen molar-refractivity contribution in [2.24, 2.45) is 0 Å². The van der Waals surface area contributed by atoms with Gasteiger partial charge in [-0.25, -0.2) is 9.09 Å². The molecule has 0 aromatic heterocycles. The fraction of sp³-hybridized carbons (Fsp3) is 1.00. The molecule has 0 saturated carbocycles. The van der Waals surface area contributed by atoms with Crippen molar-refractivity contribution in [3.63, 3.8) is 0 Å². The van der Waals surface area contributed by atoms with E-state index in [0.717, 1.165) is 0 Å². The third-order valence-electron chi connectivity index (χ3n) is 1.10. The van der Waals surface area contributed by atoms with Gasteiger partial charge in [0.25, 0.3) is 5.97 Å². The van der Waals surface area contributed by atoms with E-state index in [2.05, 4.69) is 4.52 Å². The Bertz CT molecular complexity index is 192. The first-order valence-corrected chi connectivity index (χ1v) is 5.40. The van der Waals surface area contributed by atoms with Gasteiger partial charge in [-0.2, -0.15) is 0 Å². The van der Waals surface area contributed by atoms with E-state index in [4.69, 9.17) is 19.3 Å². The third kappa shape index (κ3) is 7.98. The summed E-state index contributed by atoms with van der Waals surface area (Å²) in [4.78, 5) is 17.1. The van der Waals surface area contributed by atoms with Crippen LogP contribution in [-0.2, 0) is 18.6 Å². The summed E-state index contributed by atoms with van der Waals surface area (Å²) in [5, 5.41) is 0. The molecule has 6 nitrogen and oxygen atoms in total. The van der Waals surface area contributed by atoms with Crippen molar-refractivity contribution in [3.8, 4) is 0 Å². The Balaban J connectivity index is -0.000000720. The number of phosphoric ester groups is 1. The topological polar surface area (TPSA) is 85.2 Å². The molecular weight excluding hydrogens is 206 g/mol. The van der Waals surface area contributed by atoms with E-state index in [0.29, 0.717) is 0 Å². The maximum atomic E-state index is 10.5.